The van der Waals surface area contributed by atoms with Crippen LogP contribution in [-0.2, 0) is 29.0 Å². The van der Waals surface area contributed by atoms with Gasteiger partial charge in [-0.15, -0.1) is 0 Å². The summed E-state index contributed by atoms with van der Waals surface area (Å²) in [5.41, 5.74) is 1.92. The first-order chi connectivity index (χ1) is 19.6. The minimum Gasteiger partial charge on any atom is -0.491 e. The molecule has 41 heavy (non-hydrogen) atoms. The molecule has 0 aliphatic carbocycles. The van der Waals surface area contributed by atoms with Gasteiger partial charge in [-0.25, -0.2) is 4.79 Å². The van der Waals surface area contributed by atoms with Crippen molar-refractivity contribution in [2.75, 3.05) is 13.2 Å². The van der Waals surface area contributed by atoms with Gasteiger partial charge in [-0.1, -0.05) is 72.8 Å². The van der Waals surface area contributed by atoms with E-state index in [-0.39, 0.29) is 32.7 Å². The van der Waals surface area contributed by atoms with E-state index in [9.17, 15) is 14.7 Å². The normalized spacial score (nSPS) is 13.5. The van der Waals surface area contributed by atoms with E-state index in [2.05, 4.69) is 16.0 Å². The highest BCUT2D eigenvalue weighted by Gasteiger charge is 2.34. The van der Waals surface area contributed by atoms with Crippen molar-refractivity contribution in [2.24, 2.45) is 0 Å². The lowest BCUT2D eigenvalue weighted by atomic mass is 9.95. The number of alkyl carbamates (subject to hydrolysis) is 1. The van der Waals surface area contributed by atoms with E-state index in [1.54, 1.807) is 32.9 Å². The number of aliphatic hydroxyl groups is 2. The highest BCUT2D eigenvalue weighted by molar-refractivity contribution is 5.82. The fourth-order valence-electron chi connectivity index (χ4n) is 4.17. The maximum Gasteiger partial charge on any atom is 0.407 e. The maximum absolute atomic E-state index is 13.5. The molecule has 0 spiro atoms. The van der Waals surface area contributed by atoms with Gasteiger partial charge in [0, 0.05) is 13.1 Å². The topological polar surface area (TPSA) is 129 Å². The average Bonchev–Trinajstić information content (AvgIpc) is 2.95. The van der Waals surface area contributed by atoms with Gasteiger partial charge in [0.1, 0.15) is 24.0 Å². The number of hydrogen-bond acceptors (Lipinski definition) is 7. The average molecular weight is 564 g/mol. The number of benzene rings is 3. The summed E-state index contributed by atoms with van der Waals surface area (Å²) in [6.45, 7) is 5.95. The molecular weight excluding hydrogens is 522 g/mol. The Morgan fingerprint density at radius 2 is 1.41 bits per heavy atom. The fourth-order valence-corrected chi connectivity index (χ4v) is 4.17. The van der Waals surface area contributed by atoms with E-state index in [1.807, 2.05) is 72.8 Å². The van der Waals surface area contributed by atoms with Crippen molar-refractivity contribution in [3.8, 4) is 5.75 Å². The Kier molecular flexibility index (Phi) is 12.1. The van der Waals surface area contributed by atoms with Gasteiger partial charge in [-0.2, -0.15) is 0 Å². The van der Waals surface area contributed by atoms with Crippen molar-refractivity contribution >= 4 is 12.0 Å². The second kappa shape index (κ2) is 15.8. The third kappa shape index (κ3) is 11.2. The van der Waals surface area contributed by atoms with Crippen LogP contribution in [0.5, 0.6) is 5.75 Å². The first-order valence-electron chi connectivity index (χ1n) is 13.7. The molecular formula is C32H41N3O6. The molecule has 0 heterocycles. The number of aliphatic hydroxyl groups excluding tert-OH is 2. The quantitative estimate of drug-likeness (QED) is 0.204. The summed E-state index contributed by atoms with van der Waals surface area (Å²) < 4.78 is 10.9. The first-order valence-corrected chi connectivity index (χ1v) is 13.7. The highest BCUT2D eigenvalue weighted by atomic mass is 16.6. The van der Waals surface area contributed by atoms with Gasteiger partial charge in [0.2, 0.25) is 5.91 Å². The van der Waals surface area contributed by atoms with Crippen LogP contribution in [0, 0.1) is 0 Å². The number of hydrogen-bond donors (Lipinski definition) is 5. The van der Waals surface area contributed by atoms with Crippen LogP contribution < -0.4 is 20.7 Å². The molecule has 3 rings (SSSR count). The summed E-state index contributed by atoms with van der Waals surface area (Å²) in [4.78, 5) is 26.3. The van der Waals surface area contributed by atoms with Crippen molar-refractivity contribution in [1.29, 1.82) is 0 Å². The predicted molar refractivity (Wildman–Crippen MR) is 157 cm³/mol. The van der Waals surface area contributed by atoms with Gasteiger partial charge in [-0.3, -0.25) is 10.1 Å². The molecule has 3 aromatic carbocycles. The molecule has 0 radical (unpaired) electrons. The molecule has 0 saturated carbocycles. The zero-order valence-corrected chi connectivity index (χ0v) is 23.9. The monoisotopic (exact) mass is 563 g/mol. The standard InChI is InChI=1S/C32H41N3O6/c1-32(2,3)41-31(39)35-27(20-23-10-6-4-7-11-23)29(37)28(30(38)34-22-24-12-8-5-9-13-24)33-21-25-14-16-26(17-15-25)40-19-18-36/h4-17,27-29,33,36-37H,18-22H2,1-3H3,(H,34,38)(H,35,39)/t27-,28+,29-/m0/s1. The molecule has 3 atom stereocenters. The van der Waals surface area contributed by atoms with Gasteiger partial charge < -0.3 is 30.3 Å². The Bertz CT molecular complexity index is 1200. The Hall–Kier alpha value is -3.92. The lowest BCUT2D eigenvalue weighted by Gasteiger charge is -2.31. The van der Waals surface area contributed by atoms with Crippen LogP contribution in [0.1, 0.15) is 37.5 Å². The zero-order chi connectivity index (χ0) is 29.7. The van der Waals surface area contributed by atoms with E-state index < -0.39 is 35.8 Å². The van der Waals surface area contributed by atoms with Crippen LogP contribution in [0.15, 0.2) is 84.9 Å². The first kappa shape index (κ1) is 31.6. The molecule has 5 N–H and O–H groups in total. The largest absolute Gasteiger partial charge is 0.491 e. The molecule has 0 saturated heterocycles. The van der Waals surface area contributed by atoms with E-state index in [0.29, 0.717) is 5.75 Å². The van der Waals surface area contributed by atoms with Gasteiger partial charge in [0.25, 0.3) is 0 Å². The Morgan fingerprint density at radius 1 is 0.829 bits per heavy atom. The van der Waals surface area contributed by atoms with E-state index in [4.69, 9.17) is 14.6 Å². The van der Waals surface area contributed by atoms with Crippen LogP contribution in [0.25, 0.3) is 0 Å². The van der Waals surface area contributed by atoms with Gasteiger partial charge in [0.05, 0.1) is 18.8 Å². The summed E-state index contributed by atoms with van der Waals surface area (Å²) >= 11 is 0. The number of carbonyl (C=O) groups is 2. The molecule has 3 aromatic rings. The van der Waals surface area contributed by atoms with Crippen LogP contribution in [0.4, 0.5) is 4.79 Å². The summed E-state index contributed by atoms with van der Waals surface area (Å²) in [5, 5.41) is 29.5. The summed E-state index contributed by atoms with van der Waals surface area (Å²) in [7, 11) is 0. The minimum absolute atomic E-state index is 0.0809. The fraction of sp³-hybridized carbons (Fsp3) is 0.375. The third-order valence-electron chi connectivity index (χ3n) is 6.16. The van der Waals surface area contributed by atoms with Crippen LogP contribution >= 0.6 is 0 Å². The molecule has 9 heteroatoms. The van der Waals surface area contributed by atoms with E-state index in [1.165, 1.54) is 0 Å². The molecule has 0 fully saturated rings. The van der Waals surface area contributed by atoms with E-state index in [0.717, 1.165) is 16.7 Å². The predicted octanol–water partition coefficient (Wildman–Crippen LogP) is 3.33. The smallest absolute Gasteiger partial charge is 0.407 e. The molecule has 220 valence electrons. The van der Waals surface area contributed by atoms with Crippen LogP contribution in [0.2, 0.25) is 0 Å². The number of rotatable bonds is 14. The lowest BCUT2D eigenvalue weighted by molar-refractivity contribution is -0.126. The summed E-state index contributed by atoms with van der Waals surface area (Å²) in [5.74, 6) is 0.206. The Balaban J connectivity index is 1.81. The molecule has 0 bridgehead atoms. The number of nitrogens with one attached hydrogen (secondary N) is 3. The van der Waals surface area contributed by atoms with Gasteiger partial charge >= 0.3 is 6.09 Å². The number of amides is 2. The molecule has 0 aliphatic heterocycles. The van der Waals surface area contributed by atoms with Crippen molar-refractivity contribution in [3.63, 3.8) is 0 Å². The van der Waals surface area contributed by atoms with Gasteiger partial charge in [0.15, 0.2) is 0 Å². The maximum atomic E-state index is 13.5. The van der Waals surface area contributed by atoms with Crippen molar-refractivity contribution in [1.82, 2.24) is 16.0 Å². The molecule has 0 aliphatic rings. The van der Waals surface area contributed by atoms with Crippen molar-refractivity contribution in [3.05, 3.63) is 102 Å². The van der Waals surface area contributed by atoms with Crippen molar-refractivity contribution < 1.29 is 29.3 Å². The SMILES string of the molecule is CC(C)(C)OC(=O)N[C@@H](Cc1ccccc1)[C@H](O)[C@@H](NCc1ccc(OCCO)cc1)C(=O)NCc1ccccc1. The molecule has 9 nitrogen and oxygen atoms in total. The Morgan fingerprint density at radius 3 is 2.00 bits per heavy atom. The van der Waals surface area contributed by atoms with Crippen LogP contribution in [-0.4, -0.2) is 59.2 Å². The minimum atomic E-state index is -1.30. The zero-order valence-electron chi connectivity index (χ0n) is 23.9. The summed E-state index contributed by atoms with van der Waals surface area (Å²) in [6, 6.07) is 24.3. The second-order valence-corrected chi connectivity index (χ2v) is 10.7. The lowest BCUT2D eigenvalue weighted by Crippen LogP contribution is -2.59. The number of ether oxygens (including phenoxy) is 2. The molecule has 0 unspecified atom stereocenters. The third-order valence-corrected chi connectivity index (χ3v) is 6.16. The van der Waals surface area contributed by atoms with E-state index >= 15 is 0 Å². The summed E-state index contributed by atoms with van der Waals surface area (Å²) in [6.07, 6.45) is -1.70. The molecule has 0 aromatic heterocycles. The second-order valence-electron chi connectivity index (χ2n) is 10.7. The number of carbonyl (C=O) groups excluding carboxylic acids is 2. The Labute approximate surface area is 241 Å². The van der Waals surface area contributed by atoms with Gasteiger partial charge in [-0.05, 0) is 56.0 Å². The van der Waals surface area contributed by atoms with Crippen molar-refractivity contribution in [2.45, 2.75) is 64.1 Å². The highest BCUT2D eigenvalue weighted by Crippen LogP contribution is 2.15. The van der Waals surface area contributed by atoms with Crippen LogP contribution in [0.3, 0.4) is 0 Å². The molecule has 2 amide bonds.